The molecule has 0 aromatic heterocycles. The largest absolute Gasteiger partial charge is 0.391 e. The van der Waals surface area contributed by atoms with E-state index >= 15 is 0 Å². The molecule has 0 bridgehead atoms. The van der Waals surface area contributed by atoms with Crippen molar-refractivity contribution in [2.24, 2.45) is 0 Å². The maximum absolute atomic E-state index is 13.0. The third-order valence-corrected chi connectivity index (χ3v) is 5.89. The molecule has 4 rings (SSSR count). The highest BCUT2D eigenvalue weighted by Crippen LogP contribution is 2.26. The fourth-order valence-corrected chi connectivity index (χ4v) is 4.17. The number of rotatable bonds is 4. The number of anilines is 3. The van der Waals surface area contributed by atoms with Gasteiger partial charge >= 0.3 is 6.03 Å². The Morgan fingerprint density at radius 3 is 2.56 bits per heavy atom. The Hall–Kier alpha value is -3.87. The number of aliphatic hydroxyl groups excluding tert-OH is 1. The van der Waals surface area contributed by atoms with E-state index in [0.29, 0.717) is 30.1 Å². The normalized spacial score (nSPS) is 20.1. The summed E-state index contributed by atoms with van der Waals surface area (Å²) in [5.41, 5.74) is 3.35. The number of likely N-dealkylation sites (tertiary alicyclic amines) is 1. The van der Waals surface area contributed by atoms with Crippen molar-refractivity contribution >= 4 is 34.9 Å². The summed E-state index contributed by atoms with van der Waals surface area (Å²) in [4.78, 5) is 41.0. The molecule has 34 heavy (non-hydrogen) atoms. The molecule has 9 nitrogen and oxygen atoms in total. The monoisotopic (exact) mass is 462 g/mol. The first kappa shape index (κ1) is 23.3. The lowest BCUT2D eigenvalue weighted by molar-refractivity contribution is -0.125. The number of aryl methyl sites for hydroxylation is 1. The predicted octanol–water partition coefficient (Wildman–Crippen LogP) is 1.95. The van der Waals surface area contributed by atoms with Crippen LogP contribution in [0.2, 0.25) is 0 Å². The van der Waals surface area contributed by atoms with E-state index < -0.39 is 24.1 Å². The Balaban J connectivity index is 1.43. The lowest BCUT2D eigenvalue weighted by Crippen LogP contribution is -2.45. The SMILES string of the molecule is C#Cc1ccc(NC(=O)N2C[C@H](O)C[C@@H]2C(=O)Nc2ccc(N3CCOCC3=O)c(C)c2)cc1. The summed E-state index contributed by atoms with van der Waals surface area (Å²) in [6.07, 6.45) is 4.68. The topological polar surface area (TPSA) is 111 Å². The molecule has 0 saturated carbocycles. The number of amides is 4. The molecular formula is C25H26N4O5. The quantitative estimate of drug-likeness (QED) is 0.602. The summed E-state index contributed by atoms with van der Waals surface area (Å²) in [6, 6.07) is 10.7. The molecule has 0 unspecified atom stereocenters. The van der Waals surface area contributed by atoms with Crippen molar-refractivity contribution in [3.05, 3.63) is 53.6 Å². The Labute approximate surface area is 197 Å². The van der Waals surface area contributed by atoms with Crippen LogP contribution in [0.25, 0.3) is 0 Å². The van der Waals surface area contributed by atoms with Gasteiger partial charge in [-0.15, -0.1) is 6.42 Å². The highest BCUT2D eigenvalue weighted by Gasteiger charge is 2.39. The van der Waals surface area contributed by atoms with Crippen molar-refractivity contribution < 1.29 is 24.2 Å². The number of aliphatic hydroxyl groups is 1. The number of morpholine rings is 1. The van der Waals surface area contributed by atoms with E-state index in [1.165, 1.54) is 4.90 Å². The molecule has 0 aliphatic carbocycles. The van der Waals surface area contributed by atoms with Gasteiger partial charge in [0.1, 0.15) is 12.6 Å². The van der Waals surface area contributed by atoms with Crippen molar-refractivity contribution in [3.8, 4) is 12.3 Å². The van der Waals surface area contributed by atoms with Crippen LogP contribution in [0.1, 0.15) is 17.5 Å². The van der Waals surface area contributed by atoms with Gasteiger partial charge in [-0.3, -0.25) is 9.59 Å². The minimum Gasteiger partial charge on any atom is -0.391 e. The zero-order chi connectivity index (χ0) is 24.2. The molecule has 9 heteroatoms. The number of terminal acetylenes is 1. The van der Waals surface area contributed by atoms with Crippen LogP contribution in [-0.4, -0.2) is 66.3 Å². The van der Waals surface area contributed by atoms with E-state index in [4.69, 9.17) is 11.2 Å². The van der Waals surface area contributed by atoms with Crippen LogP contribution in [-0.2, 0) is 14.3 Å². The van der Waals surface area contributed by atoms with Gasteiger partial charge in [-0.1, -0.05) is 5.92 Å². The number of benzene rings is 2. The third-order valence-electron chi connectivity index (χ3n) is 5.89. The second-order valence-electron chi connectivity index (χ2n) is 8.30. The van der Waals surface area contributed by atoms with Gasteiger partial charge in [-0.2, -0.15) is 0 Å². The maximum atomic E-state index is 13.0. The molecule has 2 fully saturated rings. The second-order valence-corrected chi connectivity index (χ2v) is 8.30. The summed E-state index contributed by atoms with van der Waals surface area (Å²) >= 11 is 0. The van der Waals surface area contributed by atoms with Gasteiger partial charge in [0.25, 0.3) is 5.91 Å². The summed E-state index contributed by atoms with van der Waals surface area (Å²) in [6.45, 7) is 2.90. The van der Waals surface area contributed by atoms with Gasteiger partial charge in [0.15, 0.2) is 0 Å². The Morgan fingerprint density at radius 1 is 1.15 bits per heavy atom. The smallest absolute Gasteiger partial charge is 0.322 e. The van der Waals surface area contributed by atoms with E-state index in [2.05, 4.69) is 16.6 Å². The lowest BCUT2D eigenvalue weighted by Gasteiger charge is -2.28. The Kier molecular flexibility index (Phi) is 6.82. The maximum Gasteiger partial charge on any atom is 0.322 e. The molecular weight excluding hydrogens is 436 g/mol. The van der Waals surface area contributed by atoms with Gasteiger partial charge < -0.3 is 30.3 Å². The average Bonchev–Trinajstić information content (AvgIpc) is 3.22. The average molecular weight is 463 g/mol. The van der Waals surface area contributed by atoms with Crippen molar-refractivity contribution in [1.82, 2.24) is 4.90 Å². The van der Waals surface area contributed by atoms with Crippen molar-refractivity contribution in [2.75, 3.05) is 41.8 Å². The number of nitrogens with one attached hydrogen (secondary N) is 2. The molecule has 0 spiro atoms. The molecule has 3 N–H and O–H groups in total. The van der Waals surface area contributed by atoms with Crippen LogP contribution < -0.4 is 15.5 Å². The molecule has 2 atom stereocenters. The molecule has 2 heterocycles. The number of β-amino-alcohol motifs (C(OH)–C–C–N with tert-alkyl or cyclic N) is 1. The summed E-state index contributed by atoms with van der Waals surface area (Å²) in [7, 11) is 0. The van der Waals surface area contributed by atoms with Crippen molar-refractivity contribution in [2.45, 2.75) is 25.5 Å². The standard InChI is InChI=1S/C25H26N4O5/c1-3-17-4-6-18(7-5-17)27-25(33)29-14-20(30)13-22(29)24(32)26-19-8-9-21(16(2)12-19)28-10-11-34-15-23(28)31/h1,4-9,12,20,22,30H,10-11,13-15H2,2H3,(H,26,32)(H,27,33)/t20-,22-/m1/s1. The molecule has 2 aliphatic rings. The fraction of sp³-hybridized carbons (Fsp3) is 0.320. The first-order valence-electron chi connectivity index (χ1n) is 11.0. The van der Waals surface area contributed by atoms with E-state index in [1.807, 2.05) is 6.92 Å². The summed E-state index contributed by atoms with van der Waals surface area (Å²) < 4.78 is 5.18. The highest BCUT2D eigenvalue weighted by atomic mass is 16.5. The van der Waals surface area contributed by atoms with E-state index in [9.17, 15) is 19.5 Å². The number of carbonyl (C=O) groups excluding carboxylic acids is 3. The van der Waals surface area contributed by atoms with E-state index in [0.717, 1.165) is 11.3 Å². The number of nitrogens with zero attached hydrogens (tertiary/aromatic N) is 2. The zero-order valence-electron chi connectivity index (χ0n) is 18.8. The molecule has 2 aromatic rings. The summed E-state index contributed by atoms with van der Waals surface area (Å²) in [5, 5.41) is 15.7. The van der Waals surface area contributed by atoms with Gasteiger partial charge in [0.05, 0.1) is 12.7 Å². The Bertz CT molecular complexity index is 1140. The minimum absolute atomic E-state index is 0.0451. The van der Waals surface area contributed by atoms with Crippen LogP contribution >= 0.6 is 0 Å². The lowest BCUT2D eigenvalue weighted by atomic mass is 10.1. The van der Waals surface area contributed by atoms with E-state index in [-0.39, 0.29) is 25.5 Å². The van der Waals surface area contributed by atoms with Gasteiger partial charge in [-0.05, 0) is 55.0 Å². The minimum atomic E-state index is -0.833. The second kappa shape index (κ2) is 9.95. The Morgan fingerprint density at radius 2 is 1.88 bits per heavy atom. The number of carbonyl (C=O) groups is 3. The van der Waals surface area contributed by atoms with Gasteiger partial charge in [-0.25, -0.2) is 4.79 Å². The zero-order valence-corrected chi connectivity index (χ0v) is 18.8. The highest BCUT2D eigenvalue weighted by molar-refractivity contribution is 6.00. The van der Waals surface area contributed by atoms with Crippen LogP contribution in [0, 0.1) is 19.3 Å². The molecule has 176 valence electrons. The van der Waals surface area contributed by atoms with Crippen LogP contribution in [0.15, 0.2) is 42.5 Å². The molecule has 2 aliphatic heterocycles. The first-order chi connectivity index (χ1) is 16.4. The van der Waals surface area contributed by atoms with Crippen LogP contribution in [0.3, 0.4) is 0 Å². The molecule has 2 saturated heterocycles. The number of urea groups is 1. The van der Waals surface area contributed by atoms with E-state index in [1.54, 1.807) is 47.4 Å². The third kappa shape index (κ3) is 5.03. The first-order valence-corrected chi connectivity index (χ1v) is 11.0. The molecule has 4 amide bonds. The predicted molar refractivity (Wildman–Crippen MR) is 127 cm³/mol. The number of hydrogen-bond donors (Lipinski definition) is 3. The van der Waals surface area contributed by atoms with Crippen LogP contribution in [0.4, 0.5) is 21.9 Å². The van der Waals surface area contributed by atoms with Gasteiger partial charge in [0.2, 0.25) is 5.91 Å². The van der Waals surface area contributed by atoms with Crippen molar-refractivity contribution in [1.29, 1.82) is 0 Å². The molecule has 2 aromatic carbocycles. The number of hydrogen-bond acceptors (Lipinski definition) is 5. The molecule has 0 radical (unpaired) electrons. The van der Waals surface area contributed by atoms with Crippen LogP contribution in [0.5, 0.6) is 0 Å². The van der Waals surface area contributed by atoms with Crippen molar-refractivity contribution in [3.63, 3.8) is 0 Å². The van der Waals surface area contributed by atoms with Gasteiger partial charge in [0, 0.05) is 42.1 Å². The number of ether oxygens (including phenoxy) is 1. The fourth-order valence-electron chi connectivity index (χ4n) is 4.17. The summed E-state index contributed by atoms with van der Waals surface area (Å²) in [5.74, 6) is 2.00.